The number of hydroxylamine groups is 2. The Balaban J connectivity index is 2.16. The minimum atomic E-state index is -1.42. The summed E-state index contributed by atoms with van der Waals surface area (Å²) >= 11 is 6.06. The van der Waals surface area contributed by atoms with Crippen LogP contribution in [0.15, 0.2) is 36.4 Å². The molecular formula is C16H16ClNO5. The van der Waals surface area contributed by atoms with E-state index < -0.39 is 23.8 Å². The van der Waals surface area contributed by atoms with Crippen LogP contribution >= 0.6 is 11.6 Å². The van der Waals surface area contributed by atoms with E-state index in [1.807, 2.05) is 0 Å². The van der Waals surface area contributed by atoms with Gasteiger partial charge in [-0.3, -0.25) is 0 Å². The van der Waals surface area contributed by atoms with Gasteiger partial charge < -0.3 is 14.7 Å². The minimum absolute atomic E-state index is 0.0740. The third kappa shape index (κ3) is 2.97. The Morgan fingerprint density at radius 1 is 1.30 bits per heavy atom. The number of ether oxygens (including phenoxy) is 1. The van der Waals surface area contributed by atoms with Crippen molar-refractivity contribution in [3.63, 3.8) is 0 Å². The number of piperidine rings is 1. The van der Waals surface area contributed by atoms with Crippen molar-refractivity contribution in [2.45, 2.75) is 37.6 Å². The zero-order valence-electron chi connectivity index (χ0n) is 12.4. The molecule has 0 saturated carbocycles. The van der Waals surface area contributed by atoms with E-state index in [1.54, 1.807) is 31.2 Å². The molecule has 1 fully saturated rings. The van der Waals surface area contributed by atoms with Gasteiger partial charge in [0.1, 0.15) is 0 Å². The van der Waals surface area contributed by atoms with E-state index in [4.69, 9.17) is 21.2 Å². The maximum Gasteiger partial charge on any atom is 0.350 e. The lowest BCUT2D eigenvalue weighted by Crippen LogP contribution is -2.59. The number of benzene rings is 1. The number of hydrogen-bond acceptors (Lipinski definition) is 6. The monoisotopic (exact) mass is 337 g/mol. The van der Waals surface area contributed by atoms with E-state index >= 15 is 0 Å². The van der Waals surface area contributed by atoms with Crippen molar-refractivity contribution in [2.24, 2.45) is 0 Å². The molecule has 1 aromatic rings. The molecule has 3 rings (SSSR count). The number of nitrogens with zero attached hydrogens (tertiary/aromatic N) is 1. The fourth-order valence-electron chi connectivity index (χ4n) is 3.09. The maximum atomic E-state index is 12.1. The molecule has 7 heteroatoms. The van der Waals surface area contributed by atoms with Gasteiger partial charge in [0, 0.05) is 29.2 Å². The van der Waals surface area contributed by atoms with Gasteiger partial charge in [0.2, 0.25) is 5.72 Å². The molecule has 0 aliphatic carbocycles. The molecule has 23 heavy (non-hydrogen) atoms. The lowest BCUT2D eigenvalue weighted by atomic mass is 9.87. The highest BCUT2D eigenvalue weighted by atomic mass is 35.5. The standard InChI is InChI=1S/C16H16ClNO5/c1-10-7-13(19)9-16(11-3-2-4-12(17)8-11)18(10)23-15(21)6-5-14(20)22-16/h2-6,8,10,13,19H,7,9H2,1H3/b6-5+/t10-,13+,16-/m0/s1. The topological polar surface area (TPSA) is 76.1 Å². The molecule has 0 bridgehead atoms. The van der Waals surface area contributed by atoms with Gasteiger partial charge in [-0.25, -0.2) is 9.59 Å². The molecule has 0 radical (unpaired) electrons. The minimum Gasteiger partial charge on any atom is -0.433 e. The van der Waals surface area contributed by atoms with Gasteiger partial charge >= 0.3 is 11.9 Å². The van der Waals surface area contributed by atoms with Gasteiger partial charge in [-0.05, 0) is 25.5 Å². The Morgan fingerprint density at radius 2 is 2.04 bits per heavy atom. The van der Waals surface area contributed by atoms with E-state index in [0.29, 0.717) is 17.0 Å². The quantitative estimate of drug-likeness (QED) is 0.789. The first-order valence-corrected chi connectivity index (χ1v) is 7.65. The summed E-state index contributed by atoms with van der Waals surface area (Å²) in [6, 6.07) is 6.40. The van der Waals surface area contributed by atoms with Crippen molar-refractivity contribution in [3.8, 4) is 0 Å². The summed E-state index contributed by atoms with van der Waals surface area (Å²) in [6.07, 6.45) is 1.77. The first kappa shape index (κ1) is 16.0. The Kier molecular flexibility index (Phi) is 4.14. The normalized spacial score (nSPS) is 33.0. The van der Waals surface area contributed by atoms with Crippen LogP contribution in [0.25, 0.3) is 0 Å². The highest BCUT2D eigenvalue weighted by Gasteiger charge is 2.52. The zero-order chi connectivity index (χ0) is 16.6. The lowest BCUT2D eigenvalue weighted by Gasteiger charge is -2.48. The average molecular weight is 338 g/mol. The molecule has 2 aliphatic heterocycles. The van der Waals surface area contributed by atoms with Crippen molar-refractivity contribution in [2.75, 3.05) is 0 Å². The van der Waals surface area contributed by atoms with Crippen LogP contribution in [0.1, 0.15) is 25.3 Å². The van der Waals surface area contributed by atoms with Gasteiger partial charge in [0.15, 0.2) is 0 Å². The number of carbonyl (C=O) groups excluding carboxylic acids is 2. The summed E-state index contributed by atoms with van der Waals surface area (Å²) in [6.45, 7) is 1.79. The summed E-state index contributed by atoms with van der Waals surface area (Å²) in [4.78, 5) is 29.3. The van der Waals surface area contributed by atoms with Crippen LogP contribution in [-0.4, -0.2) is 34.3 Å². The number of aliphatic hydroxyl groups excluding tert-OH is 1. The highest BCUT2D eigenvalue weighted by Crippen LogP contribution is 2.43. The van der Waals surface area contributed by atoms with E-state index in [2.05, 4.69) is 0 Å². The third-order valence-electron chi connectivity index (χ3n) is 3.97. The van der Waals surface area contributed by atoms with E-state index in [9.17, 15) is 14.7 Å². The predicted octanol–water partition coefficient (Wildman–Crippen LogP) is 1.91. The fraction of sp³-hybridized carbons (Fsp3) is 0.375. The lowest BCUT2D eigenvalue weighted by molar-refractivity contribution is -0.326. The second-order valence-electron chi connectivity index (χ2n) is 5.73. The zero-order valence-corrected chi connectivity index (χ0v) is 13.2. The van der Waals surface area contributed by atoms with Gasteiger partial charge in [-0.2, -0.15) is 0 Å². The summed E-state index contributed by atoms with van der Waals surface area (Å²) in [5.41, 5.74) is -0.883. The second kappa shape index (κ2) is 5.96. The molecule has 2 heterocycles. The Bertz CT molecular complexity index is 676. The van der Waals surface area contributed by atoms with Crippen LogP contribution in [0.4, 0.5) is 0 Å². The summed E-state index contributed by atoms with van der Waals surface area (Å²) in [5, 5.41) is 12.0. The van der Waals surface area contributed by atoms with Crippen molar-refractivity contribution in [3.05, 3.63) is 47.0 Å². The van der Waals surface area contributed by atoms with Crippen LogP contribution < -0.4 is 0 Å². The molecule has 1 aromatic carbocycles. The Labute approximate surface area is 138 Å². The molecule has 6 nitrogen and oxygen atoms in total. The largest absolute Gasteiger partial charge is 0.433 e. The third-order valence-corrected chi connectivity index (χ3v) is 4.21. The summed E-state index contributed by atoms with van der Waals surface area (Å²) < 4.78 is 5.62. The van der Waals surface area contributed by atoms with Crippen molar-refractivity contribution in [1.82, 2.24) is 5.06 Å². The first-order chi connectivity index (χ1) is 10.9. The molecule has 0 amide bonds. The van der Waals surface area contributed by atoms with Crippen LogP contribution in [0.5, 0.6) is 0 Å². The highest BCUT2D eigenvalue weighted by molar-refractivity contribution is 6.30. The van der Waals surface area contributed by atoms with E-state index in [1.165, 1.54) is 5.06 Å². The average Bonchev–Trinajstić information content (AvgIpc) is 2.47. The van der Waals surface area contributed by atoms with Crippen molar-refractivity contribution < 1.29 is 24.3 Å². The predicted molar refractivity (Wildman–Crippen MR) is 81.0 cm³/mol. The second-order valence-corrected chi connectivity index (χ2v) is 6.16. The molecule has 0 unspecified atom stereocenters. The van der Waals surface area contributed by atoms with Crippen LogP contribution in [0.2, 0.25) is 5.02 Å². The van der Waals surface area contributed by atoms with Gasteiger partial charge in [-0.15, -0.1) is 0 Å². The molecule has 1 saturated heterocycles. The fourth-order valence-corrected chi connectivity index (χ4v) is 3.28. The maximum absolute atomic E-state index is 12.1. The van der Waals surface area contributed by atoms with Gasteiger partial charge in [-0.1, -0.05) is 28.8 Å². The molecule has 0 aromatic heterocycles. The molecule has 3 atom stereocenters. The van der Waals surface area contributed by atoms with Crippen LogP contribution in [0.3, 0.4) is 0 Å². The SMILES string of the molecule is C[C@H]1C[C@@H](O)C[C@@]2(c3cccc(Cl)c3)OC(=O)/C=C/C(=O)ON12. The summed E-state index contributed by atoms with van der Waals surface area (Å²) in [5.74, 6) is -1.36. The van der Waals surface area contributed by atoms with Crippen LogP contribution in [-0.2, 0) is 24.9 Å². The number of fused-ring (bicyclic) bond motifs is 1. The number of rotatable bonds is 1. The molecule has 122 valence electrons. The number of esters is 1. The van der Waals surface area contributed by atoms with Gasteiger partial charge in [0.05, 0.1) is 12.1 Å². The number of aliphatic hydroxyl groups is 1. The van der Waals surface area contributed by atoms with Crippen LogP contribution in [0, 0.1) is 0 Å². The molecule has 2 aliphatic rings. The molecular weight excluding hydrogens is 322 g/mol. The number of halogens is 1. The smallest absolute Gasteiger partial charge is 0.350 e. The molecule has 0 spiro atoms. The van der Waals surface area contributed by atoms with Crippen molar-refractivity contribution in [1.29, 1.82) is 0 Å². The van der Waals surface area contributed by atoms with E-state index in [0.717, 1.165) is 12.2 Å². The first-order valence-electron chi connectivity index (χ1n) is 7.27. The number of hydrogen-bond donors (Lipinski definition) is 1. The van der Waals surface area contributed by atoms with Gasteiger partial charge in [0.25, 0.3) is 0 Å². The summed E-state index contributed by atoms with van der Waals surface area (Å²) in [7, 11) is 0. The Morgan fingerprint density at radius 3 is 2.78 bits per heavy atom. The number of carbonyl (C=O) groups is 2. The Hall–Kier alpha value is -1.89. The van der Waals surface area contributed by atoms with E-state index in [-0.39, 0.29) is 12.5 Å². The molecule has 1 N–H and O–H groups in total. The van der Waals surface area contributed by atoms with Crippen molar-refractivity contribution >= 4 is 23.5 Å².